The number of rotatable bonds is 6. The summed E-state index contributed by atoms with van der Waals surface area (Å²) in [5.41, 5.74) is 5.34. The molecule has 0 amide bonds. The van der Waals surface area contributed by atoms with Crippen molar-refractivity contribution in [3.8, 4) is 17.2 Å². The SMILES string of the molecule is NCC=CCOc1ccc(Oc2ccccc2)cc1. The Morgan fingerprint density at radius 2 is 1.42 bits per heavy atom. The van der Waals surface area contributed by atoms with Crippen LogP contribution in [-0.2, 0) is 0 Å². The van der Waals surface area contributed by atoms with Gasteiger partial charge in [0.1, 0.15) is 23.9 Å². The molecule has 0 unspecified atom stereocenters. The molecule has 0 heterocycles. The topological polar surface area (TPSA) is 44.5 Å². The molecule has 0 aliphatic heterocycles. The average molecular weight is 255 g/mol. The van der Waals surface area contributed by atoms with Gasteiger partial charge in [-0.05, 0) is 36.4 Å². The zero-order valence-corrected chi connectivity index (χ0v) is 10.7. The highest BCUT2D eigenvalue weighted by molar-refractivity contribution is 5.35. The molecule has 0 saturated heterocycles. The first-order chi connectivity index (χ1) is 9.38. The molecule has 2 aromatic carbocycles. The monoisotopic (exact) mass is 255 g/mol. The van der Waals surface area contributed by atoms with Gasteiger partial charge in [-0.3, -0.25) is 0 Å². The van der Waals surface area contributed by atoms with Gasteiger partial charge >= 0.3 is 0 Å². The molecule has 0 spiro atoms. The molecule has 2 N–H and O–H groups in total. The van der Waals surface area contributed by atoms with Crippen LogP contribution >= 0.6 is 0 Å². The molecule has 0 radical (unpaired) electrons. The molecule has 0 atom stereocenters. The van der Waals surface area contributed by atoms with Crippen molar-refractivity contribution in [3.05, 3.63) is 66.7 Å². The predicted molar refractivity (Wildman–Crippen MR) is 76.6 cm³/mol. The molecular weight excluding hydrogens is 238 g/mol. The van der Waals surface area contributed by atoms with E-state index in [-0.39, 0.29) is 0 Å². The van der Waals surface area contributed by atoms with Crippen molar-refractivity contribution in [2.24, 2.45) is 5.73 Å². The van der Waals surface area contributed by atoms with Gasteiger partial charge in [0.05, 0.1) is 0 Å². The standard InChI is InChI=1S/C16H17NO2/c17-12-4-5-13-18-14-8-10-16(11-9-14)19-15-6-2-1-3-7-15/h1-11H,12-13,17H2. The first-order valence-corrected chi connectivity index (χ1v) is 6.19. The van der Waals surface area contributed by atoms with Crippen molar-refractivity contribution >= 4 is 0 Å². The van der Waals surface area contributed by atoms with Gasteiger partial charge in [-0.1, -0.05) is 30.4 Å². The summed E-state index contributed by atoms with van der Waals surface area (Å²) in [7, 11) is 0. The summed E-state index contributed by atoms with van der Waals surface area (Å²) < 4.78 is 11.2. The van der Waals surface area contributed by atoms with E-state index in [2.05, 4.69) is 0 Å². The van der Waals surface area contributed by atoms with E-state index in [1.807, 2.05) is 66.7 Å². The van der Waals surface area contributed by atoms with E-state index in [1.54, 1.807) is 0 Å². The van der Waals surface area contributed by atoms with E-state index >= 15 is 0 Å². The second kappa shape index (κ2) is 7.24. The third-order valence-electron chi connectivity index (χ3n) is 2.45. The third-order valence-corrected chi connectivity index (χ3v) is 2.45. The average Bonchev–Trinajstić information content (AvgIpc) is 2.46. The fraction of sp³-hybridized carbons (Fsp3) is 0.125. The van der Waals surface area contributed by atoms with Gasteiger partial charge in [-0.2, -0.15) is 0 Å². The van der Waals surface area contributed by atoms with E-state index in [9.17, 15) is 0 Å². The lowest BCUT2D eigenvalue weighted by Crippen LogP contribution is -1.97. The van der Waals surface area contributed by atoms with Crippen LogP contribution in [0.25, 0.3) is 0 Å². The van der Waals surface area contributed by atoms with Crippen molar-refractivity contribution in [2.45, 2.75) is 0 Å². The molecule has 19 heavy (non-hydrogen) atoms. The Hall–Kier alpha value is -2.26. The first kappa shape index (κ1) is 13.2. The lowest BCUT2D eigenvalue weighted by molar-refractivity contribution is 0.362. The van der Waals surface area contributed by atoms with E-state index < -0.39 is 0 Å². The third kappa shape index (κ3) is 4.48. The number of hydrogen-bond acceptors (Lipinski definition) is 3. The lowest BCUT2D eigenvalue weighted by Gasteiger charge is -2.07. The highest BCUT2D eigenvalue weighted by Crippen LogP contribution is 2.23. The van der Waals surface area contributed by atoms with Gasteiger partial charge in [0.2, 0.25) is 0 Å². The van der Waals surface area contributed by atoms with Crippen LogP contribution in [0.1, 0.15) is 0 Å². The van der Waals surface area contributed by atoms with E-state index in [4.69, 9.17) is 15.2 Å². The van der Waals surface area contributed by atoms with Gasteiger partial charge in [0, 0.05) is 6.54 Å². The number of hydrogen-bond donors (Lipinski definition) is 1. The Kier molecular flexibility index (Phi) is 5.02. The Morgan fingerprint density at radius 3 is 2.11 bits per heavy atom. The minimum atomic E-state index is 0.524. The molecular formula is C16H17NO2. The van der Waals surface area contributed by atoms with E-state index in [1.165, 1.54) is 0 Å². The molecule has 2 aromatic rings. The van der Waals surface area contributed by atoms with Crippen molar-refractivity contribution in [1.82, 2.24) is 0 Å². The highest BCUT2D eigenvalue weighted by atomic mass is 16.5. The number of para-hydroxylation sites is 1. The van der Waals surface area contributed by atoms with Crippen LogP contribution in [0.4, 0.5) is 0 Å². The first-order valence-electron chi connectivity index (χ1n) is 6.19. The lowest BCUT2D eigenvalue weighted by atomic mass is 10.3. The Labute approximate surface area is 113 Å². The maximum atomic E-state index is 5.69. The summed E-state index contributed by atoms with van der Waals surface area (Å²) >= 11 is 0. The smallest absolute Gasteiger partial charge is 0.127 e. The number of nitrogens with two attached hydrogens (primary N) is 1. The molecule has 0 aliphatic carbocycles. The van der Waals surface area contributed by atoms with Gasteiger partial charge in [-0.15, -0.1) is 0 Å². The van der Waals surface area contributed by atoms with Crippen LogP contribution in [0.2, 0.25) is 0 Å². The zero-order chi connectivity index (χ0) is 13.3. The predicted octanol–water partition coefficient (Wildman–Crippen LogP) is 3.37. The van der Waals surface area contributed by atoms with Crippen molar-refractivity contribution in [1.29, 1.82) is 0 Å². The second-order valence-corrected chi connectivity index (χ2v) is 3.90. The van der Waals surface area contributed by atoms with Crippen LogP contribution in [-0.4, -0.2) is 13.2 Å². The number of ether oxygens (including phenoxy) is 2. The van der Waals surface area contributed by atoms with Gasteiger partial charge in [0.15, 0.2) is 0 Å². The molecule has 0 saturated carbocycles. The Balaban J connectivity index is 1.89. The van der Waals surface area contributed by atoms with Crippen molar-refractivity contribution < 1.29 is 9.47 Å². The largest absolute Gasteiger partial charge is 0.490 e. The molecule has 0 aromatic heterocycles. The molecule has 3 heteroatoms. The van der Waals surface area contributed by atoms with Crippen LogP contribution in [0, 0.1) is 0 Å². The molecule has 3 nitrogen and oxygen atoms in total. The van der Waals surface area contributed by atoms with Gasteiger partial charge in [-0.25, -0.2) is 0 Å². The molecule has 2 rings (SSSR count). The van der Waals surface area contributed by atoms with E-state index in [0.29, 0.717) is 13.2 Å². The van der Waals surface area contributed by atoms with Gasteiger partial charge < -0.3 is 15.2 Å². The summed E-state index contributed by atoms with van der Waals surface area (Å²) in [5.74, 6) is 2.42. The summed E-state index contributed by atoms with van der Waals surface area (Å²) in [6, 6.07) is 17.2. The van der Waals surface area contributed by atoms with Crippen molar-refractivity contribution in [2.75, 3.05) is 13.2 Å². The molecule has 0 aliphatic rings. The van der Waals surface area contributed by atoms with Crippen molar-refractivity contribution in [3.63, 3.8) is 0 Å². The summed E-state index contributed by atoms with van der Waals surface area (Å²) in [4.78, 5) is 0. The summed E-state index contributed by atoms with van der Waals surface area (Å²) in [6.07, 6.45) is 3.77. The zero-order valence-electron chi connectivity index (χ0n) is 10.7. The summed E-state index contributed by atoms with van der Waals surface area (Å²) in [5, 5.41) is 0. The van der Waals surface area contributed by atoms with Crippen LogP contribution in [0.3, 0.4) is 0 Å². The maximum Gasteiger partial charge on any atom is 0.127 e. The van der Waals surface area contributed by atoms with E-state index in [0.717, 1.165) is 17.2 Å². The fourth-order valence-corrected chi connectivity index (χ4v) is 1.54. The maximum absolute atomic E-state index is 5.69. The minimum absolute atomic E-state index is 0.524. The highest BCUT2D eigenvalue weighted by Gasteiger charge is 1.97. The number of benzene rings is 2. The summed E-state index contributed by atoms with van der Waals surface area (Å²) in [6.45, 7) is 1.06. The van der Waals surface area contributed by atoms with Crippen LogP contribution in [0.5, 0.6) is 17.2 Å². The molecule has 0 fully saturated rings. The van der Waals surface area contributed by atoms with Crippen LogP contribution in [0.15, 0.2) is 66.7 Å². The fourth-order valence-electron chi connectivity index (χ4n) is 1.54. The molecule has 0 bridgehead atoms. The second-order valence-electron chi connectivity index (χ2n) is 3.90. The minimum Gasteiger partial charge on any atom is -0.490 e. The Morgan fingerprint density at radius 1 is 0.789 bits per heavy atom. The quantitative estimate of drug-likeness (QED) is 0.805. The van der Waals surface area contributed by atoms with Crippen LogP contribution < -0.4 is 15.2 Å². The normalized spacial score (nSPS) is 10.6. The molecule has 98 valence electrons. The van der Waals surface area contributed by atoms with Gasteiger partial charge in [0.25, 0.3) is 0 Å². The Bertz CT molecular complexity index is 506.